The van der Waals surface area contributed by atoms with Crippen LogP contribution in [-0.4, -0.2) is 56.2 Å². The zero-order valence-electron chi connectivity index (χ0n) is 10.5. The van der Waals surface area contributed by atoms with Gasteiger partial charge in [0.25, 0.3) is 0 Å². The Morgan fingerprint density at radius 3 is 2.58 bits per heavy atom. The van der Waals surface area contributed by atoms with Crippen LogP contribution in [0.5, 0.6) is 5.75 Å². The molecular formula is C11H15NO6S. The van der Waals surface area contributed by atoms with Gasteiger partial charge in [0.2, 0.25) is 10.0 Å². The quantitative estimate of drug-likeness (QED) is 0.727. The van der Waals surface area contributed by atoms with Crippen molar-refractivity contribution in [3.05, 3.63) is 23.8 Å². The summed E-state index contributed by atoms with van der Waals surface area (Å²) in [5.41, 5.74) is -0.235. The molecule has 0 atom stereocenters. The Kier molecular flexibility index (Phi) is 4.87. The zero-order chi connectivity index (χ0) is 14.6. The van der Waals surface area contributed by atoms with Gasteiger partial charge in [-0.2, -0.15) is 4.31 Å². The number of benzene rings is 1. The summed E-state index contributed by atoms with van der Waals surface area (Å²) in [5.74, 6) is -1.20. The third kappa shape index (κ3) is 3.22. The number of esters is 1. The van der Waals surface area contributed by atoms with Crippen molar-refractivity contribution >= 4 is 16.0 Å². The number of phenols is 1. The van der Waals surface area contributed by atoms with Gasteiger partial charge in [0.15, 0.2) is 0 Å². The summed E-state index contributed by atoms with van der Waals surface area (Å²) in [6.45, 7) is -0.394. The van der Waals surface area contributed by atoms with Gasteiger partial charge in [0, 0.05) is 13.6 Å². The summed E-state index contributed by atoms with van der Waals surface area (Å²) in [7, 11) is -1.40. The van der Waals surface area contributed by atoms with Crippen LogP contribution in [0.3, 0.4) is 0 Å². The fourth-order valence-electron chi connectivity index (χ4n) is 1.39. The fraction of sp³-hybridized carbons (Fsp3) is 0.364. The van der Waals surface area contributed by atoms with Gasteiger partial charge in [0.1, 0.15) is 11.3 Å². The van der Waals surface area contributed by atoms with Crippen LogP contribution < -0.4 is 0 Å². The Balaban J connectivity index is 3.26. The van der Waals surface area contributed by atoms with Crippen LogP contribution in [0.2, 0.25) is 0 Å². The van der Waals surface area contributed by atoms with E-state index in [0.29, 0.717) is 0 Å². The smallest absolute Gasteiger partial charge is 0.341 e. The van der Waals surface area contributed by atoms with E-state index in [1.54, 1.807) is 0 Å². The highest BCUT2D eigenvalue weighted by Crippen LogP contribution is 2.23. The second kappa shape index (κ2) is 6.00. The Morgan fingerprint density at radius 1 is 1.42 bits per heavy atom. The van der Waals surface area contributed by atoms with Crippen molar-refractivity contribution < 1.29 is 28.2 Å². The highest BCUT2D eigenvalue weighted by molar-refractivity contribution is 7.89. The summed E-state index contributed by atoms with van der Waals surface area (Å²) >= 11 is 0. The standard InChI is InChI=1S/C11H15NO6S/c1-12(5-6-13)19(16,17)8-3-4-10(14)9(7-8)11(15)18-2/h3-4,7,13-14H,5-6H2,1-2H3. The molecule has 0 aliphatic heterocycles. The summed E-state index contributed by atoms with van der Waals surface area (Å²) in [4.78, 5) is 11.2. The molecule has 7 nitrogen and oxygen atoms in total. The van der Waals surface area contributed by atoms with E-state index in [2.05, 4.69) is 4.74 Å². The summed E-state index contributed by atoms with van der Waals surface area (Å²) in [6, 6.07) is 3.31. The third-order valence-electron chi connectivity index (χ3n) is 2.50. The first-order valence-corrected chi connectivity index (χ1v) is 6.77. The maximum absolute atomic E-state index is 12.1. The molecule has 0 saturated heterocycles. The molecule has 0 radical (unpaired) electrons. The van der Waals surface area contributed by atoms with Gasteiger partial charge in [-0.1, -0.05) is 0 Å². The van der Waals surface area contributed by atoms with Crippen molar-refractivity contribution in [3.63, 3.8) is 0 Å². The molecule has 2 N–H and O–H groups in total. The van der Waals surface area contributed by atoms with E-state index >= 15 is 0 Å². The van der Waals surface area contributed by atoms with E-state index in [4.69, 9.17) is 5.11 Å². The van der Waals surface area contributed by atoms with Crippen LogP contribution in [0.1, 0.15) is 10.4 Å². The van der Waals surface area contributed by atoms with Gasteiger partial charge >= 0.3 is 5.97 Å². The monoisotopic (exact) mass is 289 g/mol. The fourth-order valence-corrected chi connectivity index (χ4v) is 2.58. The number of hydrogen-bond acceptors (Lipinski definition) is 6. The van der Waals surface area contributed by atoms with Gasteiger partial charge in [-0.15, -0.1) is 0 Å². The molecule has 19 heavy (non-hydrogen) atoms. The van der Waals surface area contributed by atoms with E-state index < -0.39 is 16.0 Å². The number of nitrogens with zero attached hydrogens (tertiary/aromatic N) is 1. The molecule has 1 aromatic rings. The number of aromatic hydroxyl groups is 1. The van der Waals surface area contributed by atoms with Crippen LogP contribution in [0.4, 0.5) is 0 Å². The van der Waals surface area contributed by atoms with Crippen LogP contribution in [0, 0.1) is 0 Å². The van der Waals surface area contributed by atoms with Crippen molar-refractivity contribution in [3.8, 4) is 5.75 Å². The molecular weight excluding hydrogens is 274 g/mol. The predicted octanol–water partition coefficient (Wildman–Crippen LogP) is -0.208. The number of aliphatic hydroxyl groups excluding tert-OH is 1. The first-order valence-electron chi connectivity index (χ1n) is 5.33. The topological polar surface area (TPSA) is 104 Å². The SMILES string of the molecule is COC(=O)c1cc(S(=O)(=O)N(C)CCO)ccc1O. The predicted molar refractivity (Wildman–Crippen MR) is 66.3 cm³/mol. The average molecular weight is 289 g/mol. The number of sulfonamides is 1. The van der Waals surface area contributed by atoms with Crippen LogP contribution in [0.15, 0.2) is 23.1 Å². The zero-order valence-corrected chi connectivity index (χ0v) is 11.3. The molecule has 0 aliphatic carbocycles. The molecule has 0 heterocycles. The van der Waals surface area contributed by atoms with E-state index in [-0.39, 0.29) is 29.4 Å². The van der Waals surface area contributed by atoms with Crippen LogP contribution in [-0.2, 0) is 14.8 Å². The number of hydrogen-bond donors (Lipinski definition) is 2. The molecule has 0 amide bonds. The van der Waals surface area contributed by atoms with Gasteiger partial charge in [-0.25, -0.2) is 13.2 Å². The molecule has 0 aromatic heterocycles. The van der Waals surface area contributed by atoms with Gasteiger partial charge in [0.05, 0.1) is 18.6 Å². The third-order valence-corrected chi connectivity index (χ3v) is 4.35. The van der Waals surface area contributed by atoms with E-state index in [0.717, 1.165) is 23.5 Å². The Bertz CT molecular complexity index is 569. The molecule has 0 saturated carbocycles. The Labute approximate surface area is 111 Å². The Morgan fingerprint density at radius 2 is 2.05 bits per heavy atom. The number of carbonyl (C=O) groups excluding carboxylic acids is 1. The number of ether oxygens (including phenoxy) is 1. The lowest BCUT2D eigenvalue weighted by Crippen LogP contribution is -2.29. The van der Waals surface area contributed by atoms with Crippen molar-refractivity contribution in [2.75, 3.05) is 27.3 Å². The van der Waals surface area contributed by atoms with Crippen LogP contribution >= 0.6 is 0 Å². The highest BCUT2D eigenvalue weighted by atomic mass is 32.2. The molecule has 1 rings (SSSR count). The van der Waals surface area contributed by atoms with E-state index in [1.165, 1.54) is 13.1 Å². The van der Waals surface area contributed by atoms with Crippen LogP contribution in [0.25, 0.3) is 0 Å². The Hall–Kier alpha value is -1.64. The summed E-state index contributed by atoms with van der Waals surface area (Å²) in [6.07, 6.45) is 0. The average Bonchev–Trinajstić information content (AvgIpc) is 2.38. The number of methoxy groups -OCH3 is 1. The van der Waals surface area contributed by atoms with Gasteiger partial charge in [-0.05, 0) is 18.2 Å². The lowest BCUT2D eigenvalue weighted by molar-refractivity contribution is 0.0597. The molecule has 106 valence electrons. The summed E-state index contributed by atoms with van der Waals surface area (Å²) < 4.78 is 29.5. The highest BCUT2D eigenvalue weighted by Gasteiger charge is 2.23. The maximum atomic E-state index is 12.1. The van der Waals surface area contributed by atoms with Crippen molar-refractivity contribution in [1.82, 2.24) is 4.31 Å². The molecule has 0 spiro atoms. The minimum absolute atomic E-state index is 0.0727. The second-order valence-corrected chi connectivity index (χ2v) is 5.77. The molecule has 1 aromatic carbocycles. The lowest BCUT2D eigenvalue weighted by Gasteiger charge is -2.16. The van der Waals surface area contributed by atoms with Gasteiger partial charge in [-0.3, -0.25) is 0 Å². The van der Waals surface area contributed by atoms with Crippen molar-refractivity contribution in [2.45, 2.75) is 4.90 Å². The number of likely N-dealkylation sites (N-methyl/N-ethyl adjacent to an activating group) is 1. The summed E-state index contributed by atoms with van der Waals surface area (Å²) in [5, 5.41) is 18.2. The second-order valence-electron chi connectivity index (χ2n) is 3.72. The molecule has 0 fully saturated rings. The minimum atomic E-state index is -3.83. The van der Waals surface area contributed by atoms with E-state index in [9.17, 15) is 18.3 Å². The number of aliphatic hydroxyl groups is 1. The van der Waals surface area contributed by atoms with Crippen molar-refractivity contribution in [2.24, 2.45) is 0 Å². The number of carbonyl (C=O) groups is 1. The first kappa shape index (κ1) is 15.4. The number of rotatable bonds is 5. The normalized spacial score (nSPS) is 11.6. The maximum Gasteiger partial charge on any atom is 0.341 e. The molecule has 8 heteroatoms. The molecule has 0 unspecified atom stereocenters. The van der Waals surface area contributed by atoms with Crippen molar-refractivity contribution in [1.29, 1.82) is 0 Å². The molecule has 0 bridgehead atoms. The van der Waals surface area contributed by atoms with E-state index in [1.807, 2.05) is 0 Å². The van der Waals surface area contributed by atoms with Gasteiger partial charge < -0.3 is 14.9 Å². The lowest BCUT2D eigenvalue weighted by atomic mass is 10.2. The molecule has 0 aliphatic rings. The number of phenolic OH excluding ortho intramolecular Hbond substituents is 1. The first-order chi connectivity index (χ1) is 8.84. The minimum Gasteiger partial charge on any atom is -0.507 e. The largest absolute Gasteiger partial charge is 0.507 e.